The minimum Gasteiger partial charge on any atom is -0.388 e. The third-order valence-corrected chi connectivity index (χ3v) is 3.06. The molecule has 0 saturated carbocycles. The van der Waals surface area contributed by atoms with E-state index in [2.05, 4.69) is 15.9 Å². The highest BCUT2D eigenvalue weighted by molar-refractivity contribution is 9.10. The lowest BCUT2D eigenvalue weighted by atomic mass is 10.1. The van der Waals surface area contributed by atoms with E-state index >= 15 is 0 Å². The van der Waals surface area contributed by atoms with Crippen molar-refractivity contribution in [2.45, 2.75) is 19.4 Å². The number of carbonyl (C=O) groups is 1. The van der Waals surface area contributed by atoms with Gasteiger partial charge < -0.3 is 10.0 Å². The van der Waals surface area contributed by atoms with Crippen molar-refractivity contribution < 1.29 is 9.90 Å². The fourth-order valence-electron chi connectivity index (χ4n) is 1.32. The molecular formula is C12H16BrNO2. The van der Waals surface area contributed by atoms with E-state index in [1.165, 1.54) is 6.92 Å². The number of halogens is 1. The molecule has 1 aromatic carbocycles. The molecule has 1 N–H and O–H groups in total. The molecule has 0 bridgehead atoms. The summed E-state index contributed by atoms with van der Waals surface area (Å²) in [5.41, 5.74) is 0.875. The molecule has 4 heteroatoms. The molecule has 0 aliphatic rings. The average molecular weight is 286 g/mol. The molecule has 0 spiro atoms. The molecule has 88 valence electrons. The van der Waals surface area contributed by atoms with Crippen LogP contribution in [-0.4, -0.2) is 29.5 Å². The van der Waals surface area contributed by atoms with Gasteiger partial charge in [-0.1, -0.05) is 28.1 Å². The Morgan fingerprint density at radius 3 is 2.50 bits per heavy atom. The normalized spacial score (nSPS) is 12.2. The summed E-state index contributed by atoms with van der Waals surface area (Å²) in [6.45, 7) is 2.08. The van der Waals surface area contributed by atoms with Crippen LogP contribution in [-0.2, 0) is 4.79 Å². The molecule has 0 saturated heterocycles. The largest absolute Gasteiger partial charge is 0.388 e. The van der Waals surface area contributed by atoms with Crippen molar-refractivity contribution in [1.82, 2.24) is 4.90 Å². The van der Waals surface area contributed by atoms with Crippen LogP contribution in [0.3, 0.4) is 0 Å². The summed E-state index contributed by atoms with van der Waals surface area (Å²) in [5.74, 6) is 0.0167. The lowest BCUT2D eigenvalue weighted by Crippen LogP contribution is -2.26. The summed E-state index contributed by atoms with van der Waals surface area (Å²) >= 11 is 3.34. The van der Waals surface area contributed by atoms with Crippen molar-refractivity contribution in [3.63, 3.8) is 0 Å². The Hall–Kier alpha value is -0.870. The fraction of sp³-hybridized carbons (Fsp3) is 0.417. The molecule has 0 aliphatic heterocycles. The van der Waals surface area contributed by atoms with E-state index in [1.54, 1.807) is 11.9 Å². The van der Waals surface area contributed by atoms with E-state index in [0.717, 1.165) is 10.0 Å². The fourth-order valence-corrected chi connectivity index (χ4v) is 1.59. The Morgan fingerprint density at radius 2 is 2.00 bits per heavy atom. The Morgan fingerprint density at radius 1 is 1.44 bits per heavy atom. The Labute approximate surface area is 104 Å². The number of aliphatic hydroxyl groups is 1. The first-order valence-corrected chi connectivity index (χ1v) is 5.95. The van der Waals surface area contributed by atoms with Crippen LogP contribution in [0.2, 0.25) is 0 Å². The summed E-state index contributed by atoms with van der Waals surface area (Å²) in [7, 11) is 1.73. The third kappa shape index (κ3) is 3.94. The molecule has 0 aromatic heterocycles. The quantitative estimate of drug-likeness (QED) is 0.923. The van der Waals surface area contributed by atoms with Crippen LogP contribution in [0.5, 0.6) is 0 Å². The second-order valence-corrected chi connectivity index (χ2v) is 4.71. The Kier molecular flexibility index (Phi) is 4.96. The molecule has 1 rings (SSSR count). The van der Waals surface area contributed by atoms with Crippen molar-refractivity contribution in [3.8, 4) is 0 Å². The van der Waals surface area contributed by atoms with Gasteiger partial charge in [-0.15, -0.1) is 0 Å². The maximum atomic E-state index is 11.0. The number of benzene rings is 1. The number of rotatable bonds is 4. The maximum absolute atomic E-state index is 11.0. The summed E-state index contributed by atoms with van der Waals surface area (Å²) in [6.07, 6.45) is 0.0347. The van der Waals surface area contributed by atoms with Crippen molar-refractivity contribution in [1.29, 1.82) is 0 Å². The molecule has 1 amide bonds. The molecular weight excluding hydrogens is 270 g/mol. The van der Waals surface area contributed by atoms with Crippen molar-refractivity contribution in [2.75, 3.05) is 13.6 Å². The highest BCUT2D eigenvalue weighted by Crippen LogP contribution is 2.19. The minimum atomic E-state index is -0.519. The van der Waals surface area contributed by atoms with Gasteiger partial charge in [0, 0.05) is 25.0 Å². The second kappa shape index (κ2) is 6.01. The minimum absolute atomic E-state index is 0.0167. The molecule has 0 unspecified atom stereocenters. The van der Waals surface area contributed by atoms with E-state index < -0.39 is 6.10 Å². The SMILES string of the molecule is CC(=O)N(C)CC[C@@H](O)c1ccc(Br)cc1. The van der Waals surface area contributed by atoms with Gasteiger partial charge in [-0.05, 0) is 24.1 Å². The molecule has 0 heterocycles. The number of carbonyl (C=O) groups excluding carboxylic acids is 1. The first-order valence-electron chi connectivity index (χ1n) is 5.16. The van der Waals surface area contributed by atoms with Crippen LogP contribution in [0.4, 0.5) is 0 Å². The molecule has 0 aliphatic carbocycles. The summed E-state index contributed by atoms with van der Waals surface area (Å²) in [4.78, 5) is 12.6. The average Bonchev–Trinajstić information content (AvgIpc) is 2.26. The first-order chi connectivity index (χ1) is 7.50. The zero-order valence-corrected chi connectivity index (χ0v) is 11.1. The maximum Gasteiger partial charge on any atom is 0.219 e. The van der Waals surface area contributed by atoms with Gasteiger partial charge in [0.25, 0.3) is 0 Å². The molecule has 1 aromatic rings. The van der Waals surface area contributed by atoms with Crippen LogP contribution < -0.4 is 0 Å². The van der Waals surface area contributed by atoms with Gasteiger partial charge in [-0.25, -0.2) is 0 Å². The number of aliphatic hydroxyl groups excluding tert-OH is 1. The number of hydrogen-bond donors (Lipinski definition) is 1. The zero-order valence-electron chi connectivity index (χ0n) is 9.48. The van der Waals surface area contributed by atoms with Crippen LogP contribution in [0, 0.1) is 0 Å². The smallest absolute Gasteiger partial charge is 0.219 e. The van der Waals surface area contributed by atoms with Crippen LogP contribution >= 0.6 is 15.9 Å². The van der Waals surface area contributed by atoms with Crippen LogP contribution in [0.15, 0.2) is 28.7 Å². The number of hydrogen-bond acceptors (Lipinski definition) is 2. The van der Waals surface area contributed by atoms with Crippen molar-refractivity contribution in [2.24, 2.45) is 0 Å². The monoisotopic (exact) mass is 285 g/mol. The predicted octanol–water partition coefficient (Wildman–Crippen LogP) is 2.35. The highest BCUT2D eigenvalue weighted by atomic mass is 79.9. The van der Waals surface area contributed by atoms with Crippen molar-refractivity contribution >= 4 is 21.8 Å². The van der Waals surface area contributed by atoms with Gasteiger partial charge >= 0.3 is 0 Å². The number of nitrogens with zero attached hydrogens (tertiary/aromatic N) is 1. The second-order valence-electron chi connectivity index (χ2n) is 3.80. The zero-order chi connectivity index (χ0) is 12.1. The lowest BCUT2D eigenvalue weighted by molar-refractivity contribution is -0.127. The summed E-state index contributed by atoms with van der Waals surface area (Å²) < 4.78 is 0.990. The summed E-state index contributed by atoms with van der Waals surface area (Å²) in [6, 6.07) is 7.55. The van der Waals surface area contributed by atoms with Crippen LogP contribution in [0.25, 0.3) is 0 Å². The van der Waals surface area contributed by atoms with E-state index in [1.807, 2.05) is 24.3 Å². The predicted molar refractivity (Wildman–Crippen MR) is 67.0 cm³/mol. The number of amides is 1. The molecule has 3 nitrogen and oxygen atoms in total. The molecule has 1 atom stereocenters. The lowest BCUT2D eigenvalue weighted by Gasteiger charge is -2.17. The van der Waals surface area contributed by atoms with E-state index in [0.29, 0.717) is 13.0 Å². The molecule has 0 radical (unpaired) electrons. The van der Waals surface area contributed by atoms with Crippen molar-refractivity contribution in [3.05, 3.63) is 34.3 Å². The molecule has 0 fully saturated rings. The van der Waals surface area contributed by atoms with Gasteiger partial charge in [0.2, 0.25) is 5.91 Å². The van der Waals surface area contributed by atoms with Gasteiger partial charge in [0.1, 0.15) is 0 Å². The standard InChI is InChI=1S/C12H16BrNO2/c1-9(15)14(2)8-7-12(16)10-3-5-11(13)6-4-10/h3-6,12,16H,7-8H2,1-2H3/t12-/m1/s1. The Balaban J connectivity index is 2.49. The Bertz CT molecular complexity index is 351. The van der Waals surface area contributed by atoms with Gasteiger partial charge in [-0.3, -0.25) is 4.79 Å². The molecule has 16 heavy (non-hydrogen) atoms. The third-order valence-electron chi connectivity index (χ3n) is 2.53. The van der Waals surface area contributed by atoms with E-state index in [-0.39, 0.29) is 5.91 Å². The van der Waals surface area contributed by atoms with E-state index in [4.69, 9.17) is 0 Å². The van der Waals surface area contributed by atoms with Gasteiger partial charge in [-0.2, -0.15) is 0 Å². The first kappa shape index (κ1) is 13.2. The highest BCUT2D eigenvalue weighted by Gasteiger charge is 2.09. The van der Waals surface area contributed by atoms with E-state index in [9.17, 15) is 9.90 Å². The van der Waals surface area contributed by atoms with Crippen LogP contribution in [0.1, 0.15) is 25.0 Å². The summed E-state index contributed by atoms with van der Waals surface area (Å²) in [5, 5.41) is 9.89. The van der Waals surface area contributed by atoms with Gasteiger partial charge in [0.15, 0.2) is 0 Å². The van der Waals surface area contributed by atoms with Gasteiger partial charge in [0.05, 0.1) is 6.10 Å². The topological polar surface area (TPSA) is 40.5 Å².